The van der Waals surface area contributed by atoms with Crippen LogP contribution in [0.5, 0.6) is 0 Å². The highest BCUT2D eigenvalue weighted by Crippen LogP contribution is 2.23. The molecule has 1 aliphatic rings. The van der Waals surface area contributed by atoms with Gasteiger partial charge in [-0.2, -0.15) is 0 Å². The van der Waals surface area contributed by atoms with E-state index in [0.717, 1.165) is 25.9 Å². The first kappa shape index (κ1) is 17.9. The number of carbonyl (C=O) groups is 2. The van der Waals surface area contributed by atoms with E-state index in [9.17, 15) is 9.59 Å². The minimum atomic E-state index is -0.568. The normalized spacial score (nSPS) is 14.4. The van der Waals surface area contributed by atoms with Crippen LogP contribution in [0.25, 0.3) is 0 Å². The summed E-state index contributed by atoms with van der Waals surface area (Å²) in [5, 5.41) is 5.70. The van der Waals surface area contributed by atoms with Gasteiger partial charge in [0.15, 0.2) is 0 Å². The Morgan fingerprint density at radius 2 is 1.92 bits per heavy atom. The van der Waals surface area contributed by atoms with Crippen molar-refractivity contribution in [3.05, 3.63) is 18.2 Å². The van der Waals surface area contributed by atoms with Crippen LogP contribution in [0.4, 0.5) is 21.9 Å². The highest BCUT2D eigenvalue weighted by Gasteiger charge is 2.18. The number of nitrogens with one attached hydrogen (secondary N) is 2. The molecule has 0 unspecified atom stereocenters. The van der Waals surface area contributed by atoms with Crippen LogP contribution >= 0.6 is 0 Å². The maximum atomic E-state index is 12.1. The monoisotopic (exact) mass is 334 g/mol. The van der Waals surface area contributed by atoms with Crippen molar-refractivity contribution < 1.29 is 14.3 Å². The summed E-state index contributed by atoms with van der Waals surface area (Å²) in [6.07, 6.45) is 1.58. The molecule has 0 radical (unpaired) electrons. The standard InChI is InChI=1S/C17H26N4O3/c1-17(2,3)24-16(23)20-12-6-7-13(18)14(10-12)19-11-15(22)21-8-4-5-9-21/h6-7,10,19H,4-5,8-9,11,18H2,1-3H3,(H,20,23). The van der Waals surface area contributed by atoms with Gasteiger partial charge in [0.05, 0.1) is 17.9 Å². The number of hydrogen-bond acceptors (Lipinski definition) is 5. The summed E-state index contributed by atoms with van der Waals surface area (Å²) < 4.78 is 5.21. The van der Waals surface area contributed by atoms with Gasteiger partial charge in [-0.25, -0.2) is 4.79 Å². The Balaban J connectivity index is 1.95. The lowest BCUT2D eigenvalue weighted by Gasteiger charge is -2.20. The third-order valence-corrected chi connectivity index (χ3v) is 3.59. The largest absolute Gasteiger partial charge is 0.444 e. The number of anilines is 3. The number of nitrogen functional groups attached to an aromatic ring is 1. The topological polar surface area (TPSA) is 96.7 Å². The number of amides is 2. The molecule has 1 saturated heterocycles. The number of rotatable bonds is 4. The van der Waals surface area contributed by atoms with E-state index >= 15 is 0 Å². The molecule has 0 atom stereocenters. The van der Waals surface area contributed by atoms with Gasteiger partial charge in [0.1, 0.15) is 5.60 Å². The van der Waals surface area contributed by atoms with E-state index < -0.39 is 11.7 Å². The quantitative estimate of drug-likeness (QED) is 0.736. The van der Waals surface area contributed by atoms with Gasteiger partial charge in [0, 0.05) is 18.8 Å². The molecule has 7 nitrogen and oxygen atoms in total. The molecule has 0 aliphatic carbocycles. The zero-order chi connectivity index (χ0) is 17.7. The van der Waals surface area contributed by atoms with E-state index in [1.807, 2.05) is 4.90 Å². The molecular formula is C17H26N4O3. The molecule has 0 spiro atoms. The molecule has 1 aliphatic heterocycles. The highest BCUT2D eigenvalue weighted by molar-refractivity contribution is 5.88. The predicted octanol–water partition coefficient (Wildman–Crippen LogP) is 2.65. The van der Waals surface area contributed by atoms with E-state index in [0.29, 0.717) is 17.1 Å². The molecule has 0 bridgehead atoms. The minimum absolute atomic E-state index is 0.0532. The van der Waals surface area contributed by atoms with Gasteiger partial charge in [0.25, 0.3) is 0 Å². The number of benzene rings is 1. The average Bonchev–Trinajstić information content (AvgIpc) is 2.99. The summed E-state index contributed by atoms with van der Waals surface area (Å²) in [5.41, 5.74) is 7.03. The maximum absolute atomic E-state index is 12.1. The molecule has 1 fully saturated rings. The van der Waals surface area contributed by atoms with E-state index in [1.54, 1.807) is 39.0 Å². The smallest absolute Gasteiger partial charge is 0.412 e. The van der Waals surface area contributed by atoms with Gasteiger partial charge in [-0.05, 0) is 51.8 Å². The Hall–Kier alpha value is -2.44. The van der Waals surface area contributed by atoms with Crippen LogP contribution in [0.3, 0.4) is 0 Å². The number of nitrogens with zero attached hydrogens (tertiary/aromatic N) is 1. The number of carbonyl (C=O) groups excluding carboxylic acids is 2. The zero-order valence-electron chi connectivity index (χ0n) is 14.5. The summed E-state index contributed by atoms with van der Waals surface area (Å²) in [4.78, 5) is 25.7. The third-order valence-electron chi connectivity index (χ3n) is 3.59. The summed E-state index contributed by atoms with van der Waals surface area (Å²) >= 11 is 0. The molecule has 1 aromatic carbocycles. The van der Waals surface area contributed by atoms with Crippen LogP contribution in [0.15, 0.2) is 18.2 Å². The van der Waals surface area contributed by atoms with E-state index in [2.05, 4.69) is 10.6 Å². The Kier molecular flexibility index (Phi) is 5.54. The van der Waals surface area contributed by atoms with Gasteiger partial charge >= 0.3 is 6.09 Å². The number of ether oxygens (including phenoxy) is 1. The van der Waals surface area contributed by atoms with Crippen LogP contribution < -0.4 is 16.4 Å². The predicted molar refractivity (Wildman–Crippen MR) is 95.0 cm³/mol. The lowest BCUT2D eigenvalue weighted by atomic mass is 10.2. The first-order valence-corrected chi connectivity index (χ1v) is 8.16. The lowest BCUT2D eigenvalue weighted by Crippen LogP contribution is -2.33. The van der Waals surface area contributed by atoms with Gasteiger partial charge in [0.2, 0.25) is 5.91 Å². The van der Waals surface area contributed by atoms with Crippen LogP contribution in [0.2, 0.25) is 0 Å². The van der Waals surface area contributed by atoms with Crippen molar-refractivity contribution in [3.63, 3.8) is 0 Å². The fourth-order valence-electron chi connectivity index (χ4n) is 2.46. The average molecular weight is 334 g/mol. The molecule has 0 aromatic heterocycles. The molecule has 24 heavy (non-hydrogen) atoms. The molecular weight excluding hydrogens is 308 g/mol. The van der Waals surface area contributed by atoms with Crippen molar-refractivity contribution in [2.24, 2.45) is 0 Å². The van der Waals surface area contributed by atoms with E-state index in [1.165, 1.54) is 0 Å². The molecule has 1 aromatic rings. The zero-order valence-corrected chi connectivity index (χ0v) is 14.5. The SMILES string of the molecule is CC(C)(C)OC(=O)Nc1ccc(N)c(NCC(=O)N2CCCC2)c1. The van der Waals surface area contributed by atoms with Gasteiger partial charge in [-0.3, -0.25) is 10.1 Å². The Labute approximate surface area is 142 Å². The highest BCUT2D eigenvalue weighted by atomic mass is 16.6. The molecule has 1 heterocycles. The lowest BCUT2D eigenvalue weighted by molar-refractivity contribution is -0.128. The first-order valence-electron chi connectivity index (χ1n) is 8.16. The summed E-state index contributed by atoms with van der Waals surface area (Å²) in [7, 11) is 0. The van der Waals surface area contributed by atoms with E-state index in [4.69, 9.17) is 10.5 Å². The van der Waals surface area contributed by atoms with Crippen molar-refractivity contribution >= 4 is 29.1 Å². The number of hydrogen-bond donors (Lipinski definition) is 3. The minimum Gasteiger partial charge on any atom is -0.444 e. The molecule has 132 valence electrons. The van der Waals surface area contributed by atoms with Crippen molar-refractivity contribution in [2.45, 2.75) is 39.2 Å². The maximum Gasteiger partial charge on any atom is 0.412 e. The number of likely N-dealkylation sites (tertiary alicyclic amines) is 1. The fourth-order valence-corrected chi connectivity index (χ4v) is 2.46. The summed E-state index contributed by atoms with van der Waals surface area (Å²) in [5.74, 6) is 0.0532. The number of nitrogens with two attached hydrogens (primary N) is 1. The fraction of sp³-hybridized carbons (Fsp3) is 0.529. The molecule has 4 N–H and O–H groups in total. The summed E-state index contributed by atoms with van der Waals surface area (Å²) in [6, 6.07) is 5.05. The Morgan fingerprint density at radius 1 is 1.25 bits per heavy atom. The van der Waals surface area contributed by atoms with Crippen LogP contribution in [-0.4, -0.2) is 42.1 Å². The van der Waals surface area contributed by atoms with Gasteiger partial charge in [-0.15, -0.1) is 0 Å². The Bertz CT molecular complexity index is 604. The van der Waals surface area contributed by atoms with Gasteiger partial charge < -0.3 is 20.7 Å². The van der Waals surface area contributed by atoms with Crippen LogP contribution in [-0.2, 0) is 9.53 Å². The molecule has 7 heteroatoms. The van der Waals surface area contributed by atoms with Gasteiger partial charge in [-0.1, -0.05) is 0 Å². The molecule has 2 rings (SSSR count). The van der Waals surface area contributed by atoms with Crippen LogP contribution in [0.1, 0.15) is 33.6 Å². The second-order valence-electron chi connectivity index (χ2n) is 6.87. The molecule has 2 amide bonds. The second kappa shape index (κ2) is 7.42. The van der Waals surface area contributed by atoms with Crippen LogP contribution in [0, 0.1) is 0 Å². The second-order valence-corrected chi connectivity index (χ2v) is 6.87. The van der Waals surface area contributed by atoms with Crippen molar-refractivity contribution in [3.8, 4) is 0 Å². The molecule has 0 saturated carbocycles. The summed E-state index contributed by atoms with van der Waals surface area (Å²) in [6.45, 7) is 7.21. The van der Waals surface area contributed by atoms with Crippen molar-refractivity contribution in [1.29, 1.82) is 0 Å². The third kappa shape index (κ3) is 5.33. The first-order chi connectivity index (χ1) is 11.2. The van der Waals surface area contributed by atoms with E-state index in [-0.39, 0.29) is 12.5 Å². The van der Waals surface area contributed by atoms with Crippen molar-refractivity contribution in [2.75, 3.05) is 36.0 Å². The van der Waals surface area contributed by atoms with Crippen molar-refractivity contribution in [1.82, 2.24) is 4.90 Å². The Morgan fingerprint density at radius 3 is 2.54 bits per heavy atom.